The zero-order valence-corrected chi connectivity index (χ0v) is 76.0. The van der Waals surface area contributed by atoms with Crippen molar-refractivity contribution in [3.63, 3.8) is 0 Å². The van der Waals surface area contributed by atoms with Crippen molar-refractivity contribution in [1.29, 1.82) is 5.26 Å². The van der Waals surface area contributed by atoms with Crippen LogP contribution in [0.3, 0.4) is 0 Å². The third kappa shape index (κ3) is 13.0. The van der Waals surface area contributed by atoms with Crippen molar-refractivity contribution in [3.05, 3.63) is 457 Å². The number of aromatic nitrogens is 8. The van der Waals surface area contributed by atoms with E-state index in [0.29, 0.717) is 39.3 Å². The molecular formula is C118H69B4F5N16+4. The van der Waals surface area contributed by atoms with Gasteiger partial charge in [0.25, 0.3) is 0 Å². The van der Waals surface area contributed by atoms with Crippen molar-refractivity contribution in [3.8, 4) is 72.8 Å². The predicted octanol–water partition coefficient (Wildman–Crippen LogP) is 24.3. The number of allylic oxidation sites excluding steroid dienone is 1. The van der Waals surface area contributed by atoms with E-state index in [9.17, 15) is 18.4 Å². The molecule has 0 aliphatic carbocycles. The molecule has 0 fully saturated rings. The lowest BCUT2D eigenvalue weighted by atomic mass is 9.95. The van der Waals surface area contributed by atoms with Gasteiger partial charge in [0.15, 0.2) is 0 Å². The molecule has 0 N–H and O–H groups in total. The highest BCUT2D eigenvalue weighted by atomic mass is 19.4. The summed E-state index contributed by atoms with van der Waals surface area (Å²) < 4.78 is 91.0. The van der Waals surface area contributed by atoms with Crippen LogP contribution < -0.4 is 49.7 Å². The lowest BCUT2D eigenvalue weighted by Crippen LogP contribution is -2.58. The lowest BCUT2D eigenvalue weighted by molar-refractivity contribution is -0.535. The molecule has 0 saturated heterocycles. The average molecular weight is 1850 g/mol. The number of halogens is 5. The summed E-state index contributed by atoms with van der Waals surface area (Å²) in [4.78, 5) is 29.0. The average Bonchev–Trinajstić information content (AvgIpc) is 1.55. The monoisotopic (exact) mass is 1850 g/mol. The van der Waals surface area contributed by atoms with Crippen LogP contribution in [0.1, 0.15) is 22.3 Å². The van der Waals surface area contributed by atoms with Crippen LogP contribution in [0.15, 0.2) is 421 Å². The first-order valence-corrected chi connectivity index (χ1v) is 47.0. The maximum atomic E-state index is 17.7. The Morgan fingerprint density at radius 2 is 0.678 bits per heavy atom. The van der Waals surface area contributed by atoms with E-state index in [0.717, 1.165) is 211 Å². The normalized spacial score (nSPS) is 13.0. The van der Waals surface area contributed by atoms with Crippen LogP contribution in [-0.2, 0) is 6.18 Å². The Balaban J connectivity index is 0.500. The van der Waals surface area contributed by atoms with Crippen molar-refractivity contribution < 1.29 is 39.7 Å². The second-order valence-electron chi connectivity index (χ2n) is 36.7. The van der Waals surface area contributed by atoms with Crippen LogP contribution in [0.2, 0.25) is 0 Å². The van der Waals surface area contributed by atoms with Gasteiger partial charge in [0.05, 0.1) is 70.1 Å². The van der Waals surface area contributed by atoms with Gasteiger partial charge in [-0.05, 0) is 262 Å². The van der Waals surface area contributed by atoms with Crippen LogP contribution in [0.4, 0.5) is 79.2 Å². The first kappa shape index (κ1) is 82.5. The van der Waals surface area contributed by atoms with E-state index in [1.165, 1.54) is 23.1 Å². The van der Waals surface area contributed by atoms with E-state index in [4.69, 9.17) is 26.5 Å². The van der Waals surface area contributed by atoms with E-state index in [1.54, 1.807) is 17.9 Å². The first-order valence-electron chi connectivity index (χ1n) is 47.0. The number of nitriles is 1. The van der Waals surface area contributed by atoms with Gasteiger partial charge in [-0.1, -0.05) is 200 Å². The SMILES string of the molecule is [C-]#[N+]/C(=C(/C#N)c1ccc(N(c2ccc(-c3ccc4[n+](c3)B(F)n3c(c5cccc6cccc3c65)=N4)cc2)c2ccc(-c3ccc4[n+](c3)B(F)n3c(c5cccc6c(-c7ccc(C)cc7)ccc3c65)=N4)cc2)cc1)c1ccc(N(c2ccc(-c3ccc4[n+](c3)[B]n3c(c5cccc6cccc3c65)=N4)cc2)c2ccc(-c3ccc4[n+](c3)[B]n3c(c5ccc(-c6ccc(C(F)(F)F)cc6)c6cccc3c65)=N4)cc2)cc1. The number of hydrogen-bond donors (Lipinski definition) is 0. The van der Waals surface area contributed by atoms with Crippen LogP contribution in [0, 0.1) is 24.8 Å². The first-order chi connectivity index (χ1) is 70.1. The van der Waals surface area contributed by atoms with E-state index >= 15 is 8.63 Å². The number of hydrogen-bond acceptors (Lipinski definition) is 7. The van der Waals surface area contributed by atoms with Gasteiger partial charge in [0, 0.05) is 124 Å². The molecule has 2 radical (unpaired) electrons. The second kappa shape index (κ2) is 31.7. The molecule has 143 heavy (non-hydrogen) atoms. The predicted molar refractivity (Wildman–Crippen MR) is 556 cm³/mol. The number of pyridine rings is 4. The van der Waals surface area contributed by atoms with E-state index in [2.05, 4.69) is 201 Å². The molecule has 24 aromatic rings. The minimum atomic E-state index is -4.45. The Bertz CT molecular complexity index is 9960. The van der Waals surface area contributed by atoms with Crippen molar-refractivity contribution in [2.75, 3.05) is 9.80 Å². The van der Waals surface area contributed by atoms with Gasteiger partial charge in [-0.3, -0.25) is 26.5 Å². The summed E-state index contributed by atoms with van der Waals surface area (Å²) in [7, 11) is 0.956. The third-order valence-corrected chi connectivity index (χ3v) is 28.8. The summed E-state index contributed by atoms with van der Waals surface area (Å²) in [6.45, 7) is 10.9. The van der Waals surface area contributed by atoms with Gasteiger partial charge in [0.1, 0.15) is 0 Å². The highest BCUT2D eigenvalue weighted by molar-refractivity contribution is 6.43. The fourth-order valence-electron chi connectivity index (χ4n) is 21.9. The Labute approximate surface area is 814 Å². The number of alkyl halides is 3. The van der Waals surface area contributed by atoms with Gasteiger partial charge in [0.2, 0.25) is 27.6 Å². The fraction of sp³-hybridized carbons (Fsp3) is 0.0169. The summed E-state index contributed by atoms with van der Waals surface area (Å²) in [5, 5.41) is 23.4. The largest absolute Gasteiger partial charge is 0.727 e. The number of aryl methyl sites for hydroxylation is 1. The maximum Gasteiger partial charge on any atom is 0.727 e. The van der Waals surface area contributed by atoms with E-state index in [-0.39, 0.29) is 11.3 Å². The van der Waals surface area contributed by atoms with Crippen LogP contribution in [0.5, 0.6) is 0 Å². The second-order valence-corrected chi connectivity index (χ2v) is 36.7. The lowest BCUT2D eigenvalue weighted by Gasteiger charge is -2.26. The van der Waals surface area contributed by atoms with Gasteiger partial charge in [-0.25, -0.2) is 13.8 Å². The number of rotatable bonds is 14. The topological polar surface area (TPSA) is 119 Å². The molecule has 0 saturated carbocycles. The van der Waals surface area contributed by atoms with E-state index in [1.807, 2.05) is 237 Å². The summed E-state index contributed by atoms with van der Waals surface area (Å²) in [6.07, 6.45) is 3.37. The molecular weight excluding hydrogens is 1780 g/mol. The minimum Gasteiger partial charge on any atom is -0.311 e. The molecule has 16 nitrogen and oxygen atoms in total. The molecule has 25 heteroatoms. The molecule has 664 valence electrons. The molecule has 4 aliphatic heterocycles. The fourth-order valence-corrected chi connectivity index (χ4v) is 21.9. The highest BCUT2D eigenvalue weighted by Gasteiger charge is 2.43. The molecule has 0 unspecified atom stereocenters. The molecule has 0 bridgehead atoms. The Morgan fingerprint density at radius 3 is 1.14 bits per heavy atom. The quantitative estimate of drug-likeness (QED) is 0.0354. The van der Waals surface area contributed by atoms with Gasteiger partial charge in [-0.15, -0.1) is 0 Å². The molecule has 0 amide bonds. The van der Waals surface area contributed by atoms with Crippen LogP contribution in [-0.4, -0.2) is 47.5 Å². The summed E-state index contributed by atoms with van der Waals surface area (Å²) in [5.74, 6) is 2.51. The Morgan fingerprint density at radius 1 is 0.343 bits per heavy atom. The van der Waals surface area contributed by atoms with Crippen LogP contribution in [0.25, 0.3) is 170 Å². The highest BCUT2D eigenvalue weighted by Crippen LogP contribution is 2.46. The Kier molecular flexibility index (Phi) is 18.3. The van der Waals surface area contributed by atoms with Crippen molar-refractivity contribution in [2.24, 2.45) is 20.0 Å². The minimum absolute atomic E-state index is 0.166. The third-order valence-electron chi connectivity index (χ3n) is 28.8. The van der Waals surface area contributed by atoms with Crippen molar-refractivity contribution >= 4 is 185 Å². The number of fused-ring (bicyclic) bond motifs is 16. The van der Waals surface area contributed by atoms with E-state index < -0.39 is 26.3 Å². The molecule has 0 spiro atoms. The summed E-state index contributed by atoms with van der Waals surface area (Å²) in [5.41, 5.74) is 23.8. The zero-order chi connectivity index (χ0) is 95.5. The molecule has 4 aliphatic rings. The number of anilines is 6. The molecule has 12 heterocycles. The molecule has 28 rings (SSSR count). The maximum absolute atomic E-state index is 17.7. The van der Waals surface area contributed by atoms with Gasteiger partial charge < -0.3 is 18.8 Å². The van der Waals surface area contributed by atoms with Crippen LogP contribution >= 0.6 is 0 Å². The standard InChI is InChI=1S/C118H69B4F5N16/c1-70-21-23-75(24-22-70)93-59-60-104-112-95(93)13-7-17-98(112)117-133-108-64-42-84(69-137(108)122(127)143(104)117)74-33-51-89(52-34-74)138(88-49-31-73(32-50-88)83-41-63-107-132-116-97-16-4-10-79-12-6-20-103(110(79)97)142(116)121(126)136(107)68-83)90-53-35-77(36-54-90)100(65-128)113(129-2)80-37-55-91(56-38-80)139(86-45-27-71(28-46-86)81-39-61-105-130-114-96-15-3-9-78-11-5-18-101(109(78)96)140(114)119-134(105)66-81)87-47-29-72(30-48-87)82-40-62-106-131-115-99-58-57-92(76-25-43-85(44-26-76)118(123,124)125)94-14-8-19-102(111(94)99)141(115)120-135(106)67-82/h3-64,66-69H,1H3/q+4/b113-100-. The smallest absolute Gasteiger partial charge is 0.311 e. The number of nitrogens with zero attached hydrogens (tertiary/aromatic N) is 16. The molecule has 0 atom stereocenters. The van der Waals surface area contributed by atoms with Gasteiger partial charge in [-0.2, -0.15) is 18.4 Å². The Hall–Kier alpha value is -18.7. The van der Waals surface area contributed by atoms with Gasteiger partial charge >= 0.3 is 59.1 Å². The number of benzene rings is 16. The molecule has 8 aromatic heterocycles. The zero-order valence-electron chi connectivity index (χ0n) is 76.0. The summed E-state index contributed by atoms with van der Waals surface area (Å²) >= 11 is 0. The molecule has 16 aromatic carbocycles. The summed E-state index contributed by atoms with van der Waals surface area (Å²) in [6, 6.07) is 125. The van der Waals surface area contributed by atoms with Crippen molar-refractivity contribution in [1.82, 2.24) is 17.9 Å². The van der Waals surface area contributed by atoms with Crippen molar-refractivity contribution in [2.45, 2.75) is 13.1 Å².